The van der Waals surface area contributed by atoms with Gasteiger partial charge in [0.2, 0.25) is 0 Å². The molecule has 4 rings (SSSR count). The topological polar surface area (TPSA) is 83.2 Å². The molecule has 31 heavy (non-hydrogen) atoms. The highest BCUT2D eigenvalue weighted by atomic mass is 19.1. The first-order valence-electron chi connectivity index (χ1n) is 10.7. The van der Waals surface area contributed by atoms with Gasteiger partial charge >= 0.3 is 0 Å². The van der Waals surface area contributed by atoms with Gasteiger partial charge in [-0.05, 0) is 66.6 Å². The Balaban J connectivity index is 1.83. The van der Waals surface area contributed by atoms with Crippen molar-refractivity contribution in [2.24, 2.45) is 5.92 Å². The Morgan fingerprint density at radius 3 is 2.71 bits per heavy atom. The summed E-state index contributed by atoms with van der Waals surface area (Å²) in [4.78, 5) is 0. The number of nitrogens with two attached hydrogens (primary N) is 1. The van der Waals surface area contributed by atoms with Crippen LogP contribution in [0.4, 0.5) is 10.1 Å². The molecule has 2 aliphatic carbocycles. The van der Waals surface area contributed by atoms with Crippen LogP contribution >= 0.6 is 0 Å². The molecule has 2 aromatic carbocycles. The minimum atomic E-state index is -0.462. The van der Waals surface area contributed by atoms with Crippen molar-refractivity contribution in [2.75, 3.05) is 26.4 Å². The smallest absolute Gasteiger partial charge is 0.149 e. The lowest BCUT2D eigenvalue weighted by atomic mass is 9.82. The molecule has 1 atom stereocenters. The summed E-state index contributed by atoms with van der Waals surface area (Å²) in [7, 11) is 3.76. The summed E-state index contributed by atoms with van der Waals surface area (Å²) >= 11 is 0. The van der Waals surface area contributed by atoms with Crippen molar-refractivity contribution in [3.05, 3.63) is 70.7 Å². The lowest BCUT2D eigenvalue weighted by Crippen LogP contribution is -2.20. The fraction of sp³-hybridized carbons (Fsp3) is 0.320. The molecule has 162 valence electrons. The van der Waals surface area contributed by atoms with Crippen LogP contribution in [0.25, 0.3) is 11.1 Å². The predicted octanol–water partition coefficient (Wildman–Crippen LogP) is 4.50. The minimum Gasteiger partial charge on any atom is -0.493 e. The van der Waals surface area contributed by atoms with Crippen LogP contribution in [0.2, 0.25) is 0 Å². The standard InChI is InChI=1S/C25H29FN4O/c1-29-13-17(12-27)16-5-6-19-20(9-16)18(7-8-24(19)30-2)21-10-23(28)22(26)11-25(21)31-14-15-3-4-15/h5-7,9-13,15,24,27,29-30H,3-4,8,14,28H2,1-2H3/b17-13+,27-12?. The molecule has 0 amide bonds. The molecule has 0 spiro atoms. The van der Waals surface area contributed by atoms with Crippen molar-refractivity contribution < 1.29 is 9.13 Å². The Labute approximate surface area is 182 Å². The van der Waals surface area contributed by atoms with Crippen LogP contribution in [0.3, 0.4) is 0 Å². The number of benzene rings is 2. The molecular weight excluding hydrogens is 391 g/mol. The number of nitrogens with one attached hydrogen (secondary N) is 3. The van der Waals surface area contributed by atoms with E-state index in [4.69, 9.17) is 15.9 Å². The third-order valence-electron chi connectivity index (χ3n) is 5.97. The summed E-state index contributed by atoms with van der Waals surface area (Å²) in [6.07, 6.45) is 8.43. The maximum Gasteiger partial charge on any atom is 0.149 e. The van der Waals surface area contributed by atoms with E-state index in [0.29, 0.717) is 18.3 Å². The predicted molar refractivity (Wildman–Crippen MR) is 125 cm³/mol. The van der Waals surface area contributed by atoms with E-state index in [2.05, 4.69) is 28.8 Å². The third-order valence-corrected chi connectivity index (χ3v) is 5.97. The first kappa shape index (κ1) is 21.1. The summed E-state index contributed by atoms with van der Waals surface area (Å²) in [6, 6.07) is 9.49. The van der Waals surface area contributed by atoms with E-state index in [1.165, 1.54) is 12.3 Å². The van der Waals surface area contributed by atoms with Crippen molar-refractivity contribution in [2.45, 2.75) is 25.3 Å². The number of hydrogen-bond donors (Lipinski definition) is 4. The fourth-order valence-electron chi connectivity index (χ4n) is 4.03. The average molecular weight is 421 g/mol. The molecule has 0 aromatic heterocycles. The van der Waals surface area contributed by atoms with E-state index >= 15 is 0 Å². The molecule has 0 saturated heterocycles. The van der Waals surface area contributed by atoms with Crippen molar-refractivity contribution in [1.82, 2.24) is 10.6 Å². The number of fused-ring (bicyclic) bond motifs is 1. The van der Waals surface area contributed by atoms with Crippen LogP contribution in [0.15, 0.2) is 42.6 Å². The molecule has 1 unspecified atom stereocenters. The van der Waals surface area contributed by atoms with Gasteiger partial charge in [0.1, 0.15) is 11.6 Å². The van der Waals surface area contributed by atoms with E-state index in [1.807, 2.05) is 20.2 Å². The maximum atomic E-state index is 14.3. The zero-order valence-electron chi connectivity index (χ0n) is 18.0. The van der Waals surface area contributed by atoms with E-state index in [1.54, 1.807) is 12.3 Å². The Morgan fingerprint density at radius 1 is 1.23 bits per heavy atom. The van der Waals surface area contributed by atoms with Gasteiger partial charge in [0.25, 0.3) is 0 Å². The number of anilines is 1. The number of ether oxygens (including phenoxy) is 1. The van der Waals surface area contributed by atoms with Gasteiger partial charge in [0.05, 0.1) is 12.3 Å². The van der Waals surface area contributed by atoms with Crippen molar-refractivity contribution >= 4 is 23.0 Å². The lowest BCUT2D eigenvalue weighted by molar-refractivity contribution is 0.297. The number of rotatable bonds is 8. The zero-order chi connectivity index (χ0) is 22.0. The Bertz CT molecular complexity index is 1060. The van der Waals surface area contributed by atoms with Crippen molar-refractivity contribution in [3.8, 4) is 5.75 Å². The quantitative estimate of drug-likeness (QED) is 0.374. The molecule has 0 bridgehead atoms. The number of nitrogen functional groups attached to an aromatic ring is 1. The number of hydrogen-bond acceptors (Lipinski definition) is 5. The highest BCUT2D eigenvalue weighted by molar-refractivity contribution is 6.08. The van der Waals surface area contributed by atoms with Crippen molar-refractivity contribution in [1.29, 1.82) is 5.41 Å². The van der Waals surface area contributed by atoms with Crippen LogP contribution in [-0.2, 0) is 0 Å². The molecular formula is C25H29FN4O. The molecule has 5 nitrogen and oxygen atoms in total. The second-order valence-electron chi connectivity index (χ2n) is 8.15. The van der Waals surface area contributed by atoms with E-state index < -0.39 is 5.82 Å². The van der Waals surface area contributed by atoms with Crippen LogP contribution < -0.4 is 21.1 Å². The highest BCUT2D eigenvalue weighted by Gasteiger charge is 2.26. The Morgan fingerprint density at radius 2 is 2.03 bits per heavy atom. The van der Waals surface area contributed by atoms with Crippen LogP contribution in [0.1, 0.15) is 47.6 Å². The summed E-state index contributed by atoms with van der Waals surface area (Å²) in [6.45, 7) is 0.596. The number of halogens is 1. The van der Waals surface area contributed by atoms with Crippen LogP contribution in [0.5, 0.6) is 5.75 Å². The van der Waals surface area contributed by atoms with Gasteiger partial charge < -0.3 is 26.5 Å². The van der Waals surface area contributed by atoms with Gasteiger partial charge in [0.15, 0.2) is 0 Å². The highest BCUT2D eigenvalue weighted by Crippen LogP contribution is 2.42. The molecule has 1 fully saturated rings. The monoisotopic (exact) mass is 420 g/mol. The normalized spacial score (nSPS) is 18.2. The first-order chi connectivity index (χ1) is 15.0. The molecule has 2 aromatic rings. The van der Waals surface area contributed by atoms with Gasteiger partial charge in [-0.3, -0.25) is 0 Å². The summed E-state index contributed by atoms with van der Waals surface area (Å²) < 4.78 is 20.4. The fourth-order valence-corrected chi connectivity index (χ4v) is 4.03. The van der Waals surface area contributed by atoms with E-state index in [0.717, 1.165) is 52.7 Å². The number of allylic oxidation sites excluding steroid dienone is 1. The van der Waals surface area contributed by atoms with Crippen molar-refractivity contribution in [3.63, 3.8) is 0 Å². The van der Waals surface area contributed by atoms with Gasteiger partial charge in [-0.1, -0.05) is 18.2 Å². The minimum absolute atomic E-state index is 0.110. The molecule has 0 radical (unpaired) electrons. The van der Waals surface area contributed by atoms with Crippen LogP contribution in [-0.4, -0.2) is 26.9 Å². The summed E-state index contributed by atoms with van der Waals surface area (Å²) in [5.41, 5.74) is 11.8. The lowest BCUT2D eigenvalue weighted by Gasteiger charge is -2.27. The summed E-state index contributed by atoms with van der Waals surface area (Å²) in [5.74, 6) is 0.626. The molecule has 0 heterocycles. The van der Waals surface area contributed by atoms with Crippen LogP contribution in [0, 0.1) is 17.1 Å². The molecule has 6 heteroatoms. The van der Waals surface area contributed by atoms with E-state index in [9.17, 15) is 4.39 Å². The first-order valence-corrected chi connectivity index (χ1v) is 10.7. The average Bonchev–Trinajstić information content (AvgIpc) is 3.61. The van der Waals surface area contributed by atoms with Gasteiger partial charge in [-0.15, -0.1) is 0 Å². The summed E-state index contributed by atoms with van der Waals surface area (Å²) in [5, 5.41) is 14.1. The largest absolute Gasteiger partial charge is 0.493 e. The van der Waals surface area contributed by atoms with Gasteiger partial charge in [-0.25, -0.2) is 4.39 Å². The van der Waals surface area contributed by atoms with Gasteiger partial charge in [0, 0.05) is 42.7 Å². The van der Waals surface area contributed by atoms with Gasteiger partial charge in [-0.2, -0.15) is 0 Å². The molecule has 1 saturated carbocycles. The molecule has 0 aliphatic heterocycles. The molecule has 2 aliphatic rings. The van der Waals surface area contributed by atoms with E-state index in [-0.39, 0.29) is 11.7 Å². The SMILES string of the molecule is CN/C=C(\C=N)c1ccc2c(c1)C(c1cc(N)c(F)cc1OCC1CC1)=CCC2NC. The second kappa shape index (κ2) is 8.94. The Hall–Kier alpha value is -3.12. The second-order valence-corrected chi connectivity index (χ2v) is 8.15. The molecule has 5 N–H and O–H groups in total. The Kier molecular flexibility index (Phi) is 6.09. The maximum absolute atomic E-state index is 14.3. The third kappa shape index (κ3) is 4.35. The zero-order valence-corrected chi connectivity index (χ0v) is 18.0.